The van der Waals surface area contributed by atoms with Gasteiger partial charge in [-0.1, -0.05) is 24.4 Å². The lowest BCUT2D eigenvalue weighted by atomic mass is 10.0. The summed E-state index contributed by atoms with van der Waals surface area (Å²) in [5.74, 6) is 4.62. The molecule has 0 radical (unpaired) electrons. The molecule has 0 fully saturated rings. The maximum Gasteiger partial charge on any atom is 0.266 e. The number of hydrogen-bond donors (Lipinski definition) is 2. The number of carbonyl (C=O) groups excluding carboxylic acids is 1. The van der Waals surface area contributed by atoms with E-state index >= 15 is 0 Å². The van der Waals surface area contributed by atoms with E-state index in [2.05, 4.69) is 0 Å². The third kappa shape index (κ3) is 1.72. The Kier molecular flexibility index (Phi) is 2.51. The number of hydrogen-bond acceptors (Lipinski definition) is 3. The first-order valence-electron chi connectivity index (χ1n) is 3.16. The molecule has 1 amide bonds. The Bertz CT molecular complexity index is 255. The van der Waals surface area contributed by atoms with Crippen molar-refractivity contribution in [3.63, 3.8) is 0 Å². The molecule has 3 nitrogen and oxygen atoms in total. The van der Waals surface area contributed by atoms with Crippen molar-refractivity contribution in [2.24, 2.45) is 5.84 Å². The molecule has 0 saturated carbocycles. The number of rotatable bonds is 1. The number of nitrogens with two attached hydrogens (primary N) is 1. The Morgan fingerprint density at radius 1 is 1.73 bits per heavy atom. The Labute approximate surface area is 69.9 Å². The molecule has 4 heteroatoms. The van der Waals surface area contributed by atoms with Crippen LogP contribution in [0.2, 0.25) is 0 Å². The van der Waals surface area contributed by atoms with E-state index in [0.29, 0.717) is 16.9 Å². The third-order valence-electron chi connectivity index (χ3n) is 1.38. The summed E-state index contributed by atoms with van der Waals surface area (Å²) in [7, 11) is 0. The monoisotopic (exact) mass is 168 g/mol. The van der Waals surface area contributed by atoms with Gasteiger partial charge in [0.1, 0.15) is 0 Å². The molecule has 0 atom stereocenters. The molecule has 0 aromatic heterocycles. The Balaban J connectivity index is 2.84. The lowest BCUT2D eigenvalue weighted by Gasteiger charge is -2.07. The fourth-order valence-electron chi connectivity index (χ4n) is 0.822. The van der Waals surface area contributed by atoms with Crippen LogP contribution in [0.5, 0.6) is 0 Å². The molecule has 0 heterocycles. The van der Waals surface area contributed by atoms with Gasteiger partial charge in [-0.3, -0.25) is 10.2 Å². The van der Waals surface area contributed by atoms with Crippen molar-refractivity contribution in [2.75, 3.05) is 0 Å². The predicted octanol–water partition coefficient (Wildman–Crippen LogP) is 0.232. The van der Waals surface area contributed by atoms with Gasteiger partial charge in [0.05, 0.1) is 5.57 Å². The van der Waals surface area contributed by atoms with E-state index in [9.17, 15) is 4.79 Å². The highest BCUT2D eigenvalue weighted by Gasteiger charge is 2.13. The summed E-state index contributed by atoms with van der Waals surface area (Å²) in [6.45, 7) is 0. The van der Waals surface area contributed by atoms with Crippen molar-refractivity contribution >= 4 is 23.0 Å². The fourth-order valence-corrected chi connectivity index (χ4v) is 1.08. The van der Waals surface area contributed by atoms with Crippen molar-refractivity contribution in [1.29, 1.82) is 0 Å². The molecule has 58 valence electrons. The van der Waals surface area contributed by atoms with Crippen LogP contribution in [0.4, 0.5) is 0 Å². The summed E-state index contributed by atoms with van der Waals surface area (Å²) in [5, 5.41) is 0. The number of nitrogens with one attached hydrogen (secondary N) is 1. The van der Waals surface area contributed by atoms with Crippen molar-refractivity contribution in [1.82, 2.24) is 5.43 Å². The second kappa shape index (κ2) is 3.41. The van der Waals surface area contributed by atoms with Crippen LogP contribution >= 0.6 is 12.2 Å². The molecule has 1 aliphatic carbocycles. The minimum Gasteiger partial charge on any atom is -0.290 e. The van der Waals surface area contributed by atoms with Crippen LogP contribution in [-0.2, 0) is 4.79 Å². The van der Waals surface area contributed by atoms with E-state index in [-0.39, 0.29) is 5.91 Å². The lowest BCUT2D eigenvalue weighted by Crippen LogP contribution is -2.33. The average Bonchev–Trinajstić information content (AvgIpc) is 2.04. The Morgan fingerprint density at radius 3 is 3.00 bits per heavy atom. The molecule has 1 rings (SSSR count). The van der Waals surface area contributed by atoms with Crippen LogP contribution in [0.15, 0.2) is 23.8 Å². The van der Waals surface area contributed by atoms with Crippen LogP contribution in [0.1, 0.15) is 6.42 Å². The fraction of sp³-hybridized carbons (Fsp3) is 0.143. The highest BCUT2D eigenvalue weighted by atomic mass is 32.1. The van der Waals surface area contributed by atoms with Crippen molar-refractivity contribution < 1.29 is 4.79 Å². The lowest BCUT2D eigenvalue weighted by molar-refractivity contribution is -0.117. The standard InChI is InChI=1S/C7H8N2OS/c8-9-7(10)5-3-1-2-4-6(5)11/h1-3H,4,8H2,(H,9,10). The topological polar surface area (TPSA) is 55.1 Å². The largest absolute Gasteiger partial charge is 0.290 e. The first-order valence-corrected chi connectivity index (χ1v) is 3.57. The number of hydrazine groups is 1. The molecule has 0 aromatic carbocycles. The van der Waals surface area contributed by atoms with Crippen LogP contribution in [-0.4, -0.2) is 10.8 Å². The maximum absolute atomic E-state index is 11.0. The van der Waals surface area contributed by atoms with E-state index in [1.54, 1.807) is 12.2 Å². The zero-order chi connectivity index (χ0) is 8.27. The van der Waals surface area contributed by atoms with Crippen molar-refractivity contribution in [3.05, 3.63) is 23.8 Å². The molecule has 0 spiro atoms. The first kappa shape index (κ1) is 8.10. The molecule has 0 aromatic rings. The van der Waals surface area contributed by atoms with Crippen molar-refractivity contribution in [2.45, 2.75) is 6.42 Å². The van der Waals surface area contributed by atoms with Gasteiger partial charge in [-0.05, 0) is 6.08 Å². The van der Waals surface area contributed by atoms with Gasteiger partial charge in [0.15, 0.2) is 0 Å². The van der Waals surface area contributed by atoms with Gasteiger partial charge in [-0.2, -0.15) is 0 Å². The number of thiocarbonyl (C=S) groups is 1. The number of allylic oxidation sites excluding steroid dienone is 3. The summed E-state index contributed by atoms with van der Waals surface area (Å²) in [6.07, 6.45) is 6.00. The van der Waals surface area contributed by atoms with Gasteiger partial charge < -0.3 is 0 Å². The molecule has 0 aliphatic heterocycles. The summed E-state index contributed by atoms with van der Waals surface area (Å²) < 4.78 is 0. The molecular weight excluding hydrogens is 160 g/mol. The average molecular weight is 168 g/mol. The normalized spacial score (nSPS) is 16.1. The summed E-state index contributed by atoms with van der Waals surface area (Å²) in [5.41, 5.74) is 2.53. The van der Waals surface area contributed by atoms with Gasteiger partial charge >= 0.3 is 0 Å². The second-order valence-electron chi connectivity index (χ2n) is 2.11. The van der Waals surface area contributed by atoms with Gasteiger partial charge in [0, 0.05) is 11.3 Å². The van der Waals surface area contributed by atoms with E-state index in [1.165, 1.54) is 0 Å². The summed E-state index contributed by atoms with van der Waals surface area (Å²) >= 11 is 4.93. The van der Waals surface area contributed by atoms with Gasteiger partial charge in [-0.15, -0.1) is 0 Å². The van der Waals surface area contributed by atoms with Gasteiger partial charge in [0.25, 0.3) is 5.91 Å². The Morgan fingerprint density at radius 2 is 2.45 bits per heavy atom. The zero-order valence-corrected chi connectivity index (χ0v) is 6.65. The van der Waals surface area contributed by atoms with Crippen molar-refractivity contribution in [3.8, 4) is 0 Å². The van der Waals surface area contributed by atoms with Gasteiger partial charge in [-0.25, -0.2) is 5.84 Å². The maximum atomic E-state index is 11.0. The molecule has 0 saturated heterocycles. The highest BCUT2D eigenvalue weighted by molar-refractivity contribution is 7.81. The predicted molar refractivity (Wildman–Crippen MR) is 46.8 cm³/mol. The minimum atomic E-state index is -0.320. The summed E-state index contributed by atoms with van der Waals surface area (Å²) in [6, 6.07) is 0. The molecular formula is C7H8N2OS. The first-order chi connectivity index (χ1) is 5.25. The summed E-state index contributed by atoms with van der Waals surface area (Å²) in [4.78, 5) is 11.6. The molecule has 11 heavy (non-hydrogen) atoms. The minimum absolute atomic E-state index is 0.320. The smallest absolute Gasteiger partial charge is 0.266 e. The molecule has 1 aliphatic rings. The number of carbonyl (C=O) groups is 1. The van der Waals surface area contributed by atoms with Crippen LogP contribution in [0.25, 0.3) is 0 Å². The molecule has 0 bridgehead atoms. The van der Waals surface area contributed by atoms with Crippen LogP contribution < -0.4 is 11.3 Å². The number of amides is 1. The van der Waals surface area contributed by atoms with Crippen LogP contribution in [0, 0.1) is 0 Å². The van der Waals surface area contributed by atoms with E-state index in [4.69, 9.17) is 18.1 Å². The molecule has 0 unspecified atom stereocenters. The van der Waals surface area contributed by atoms with E-state index in [0.717, 1.165) is 0 Å². The van der Waals surface area contributed by atoms with E-state index in [1.807, 2.05) is 11.5 Å². The van der Waals surface area contributed by atoms with E-state index < -0.39 is 0 Å². The quantitative estimate of drug-likeness (QED) is 0.255. The van der Waals surface area contributed by atoms with Crippen LogP contribution in [0.3, 0.4) is 0 Å². The molecule has 3 N–H and O–H groups in total. The zero-order valence-electron chi connectivity index (χ0n) is 5.83. The van der Waals surface area contributed by atoms with Gasteiger partial charge in [0.2, 0.25) is 0 Å². The Hall–Kier alpha value is -1.00. The SMILES string of the molecule is NNC(=O)C1=CC=CCC1=S. The second-order valence-corrected chi connectivity index (χ2v) is 2.60. The highest BCUT2D eigenvalue weighted by Crippen LogP contribution is 2.09. The third-order valence-corrected chi connectivity index (χ3v) is 1.76.